The van der Waals surface area contributed by atoms with E-state index >= 15 is 0 Å². The number of halogens is 1. The van der Waals surface area contributed by atoms with Gasteiger partial charge in [0, 0.05) is 14.1 Å². The summed E-state index contributed by atoms with van der Waals surface area (Å²) in [6.07, 6.45) is 4.24. The van der Waals surface area contributed by atoms with Crippen LogP contribution in [0.15, 0.2) is 23.2 Å². The fourth-order valence-electron chi connectivity index (χ4n) is 1.50. The minimum absolute atomic E-state index is 0.721. The van der Waals surface area contributed by atoms with Crippen molar-refractivity contribution in [1.29, 1.82) is 0 Å². The lowest BCUT2D eigenvalue weighted by Crippen LogP contribution is -2.10. The standard InChI is InChI=1S/C9H11BrN4O/c1-13-5-11-4-7(13)9(15)8-6(10)3-12-14(8)2/h3-5,9,15H,1-2H3. The monoisotopic (exact) mass is 270 g/mol. The highest BCUT2D eigenvalue weighted by Crippen LogP contribution is 2.27. The maximum atomic E-state index is 10.2. The molecule has 0 fully saturated rings. The van der Waals surface area contributed by atoms with Gasteiger partial charge in [0.15, 0.2) is 0 Å². The summed E-state index contributed by atoms with van der Waals surface area (Å²) in [5.74, 6) is 0. The average Bonchev–Trinajstić information content (AvgIpc) is 2.73. The summed E-state index contributed by atoms with van der Waals surface area (Å²) in [4.78, 5) is 3.97. The lowest BCUT2D eigenvalue weighted by molar-refractivity contribution is 0.200. The van der Waals surface area contributed by atoms with Crippen LogP contribution in [-0.2, 0) is 14.1 Å². The van der Waals surface area contributed by atoms with Gasteiger partial charge < -0.3 is 9.67 Å². The Kier molecular flexibility index (Phi) is 2.62. The molecule has 2 heterocycles. The zero-order chi connectivity index (χ0) is 11.0. The smallest absolute Gasteiger partial charge is 0.138 e. The van der Waals surface area contributed by atoms with Crippen molar-refractivity contribution in [2.24, 2.45) is 14.1 Å². The molecule has 2 aromatic rings. The average molecular weight is 271 g/mol. The molecule has 0 amide bonds. The molecule has 0 saturated carbocycles. The molecule has 0 saturated heterocycles. The van der Waals surface area contributed by atoms with Crippen LogP contribution in [0.25, 0.3) is 0 Å². The second kappa shape index (κ2) is 3.79. The largest absolute Gasteiger partial charge is 0.380 e. The molecule has 0 aromatic carbocycles. The van der Waals surface area contributed by atoms with Crippen LogP contribution in [0.1, 0.15) is 17.5 Å². The highest BCUT2D eigenvalue weighted by Gasteiger charge is 2.20. The van der Waals surface area contributed by atoms with E-state index in [1.807, 2.05) is 7.05 Å². The van der Waals surface area contributed by atoms with Crippen LogP contribution in [0.5, 0.6) is 0 Å². The molecule has 6 heteroatoms. The molecule has 0 aliphatic carbocycles. The molecule has 0 bridgehead atoms. The van der Waals surface area contributed by atoms with Crippen LogP contribution < -0.4 is 0 Å². The third-order valence-corrected chi connectivity index (χ3v) is 2.94. The van der Waals surface area contributed by atoms with Crippen LogP contribution in [0.2, 0.25) is 0 Å². The van der Waals surface area contributed by atoms with E-state index < -0.39 is 6.10 Å². The number of imidazole rings is 1. The van der Waals surface area contributed by atoms with Gasteiger partial charge in [-0.3, -0.25) is 4.68 Å². The maximum Gasteiger partial charge on any atom is 0.138 e. The van der Waals surface area contributed by atoms with Crippen molar-refractivity contribution in [3.63, 3.8) is 0 Å². The van der Waals surface area contributed by atoms with Crippen molar-refractivity contribution < 1.29 is 5.11 Å². The zero-order valence-electron chi connectivity index (χ0n) is 8.42. The second-order valence-corrected chi connectivity index (χ2v) is 4.19. The fraction of sp³-hybridized carbons (Fsp3) is 0.333. The Morgan fingerprint density at radius 1 is 1.40 bits per heavy atom. The topological polar surface area (TPSA) is 55.9 Å². The summed E-state index contributed by atoms with van der Waals surface area (Å²) in [5, 5.41) is 14.2. The Labute approximate surface area is 95.5 Å². The number of aliphatic hydroxyl groups is 1. The Balaban J connectivity index is 2.45. The number of aromatic nitrogens is 4. The Morgan fingerprint density at radius 3 is 2.60 bits per heavy atom. The van der Waals surface area contributed by atoms with E-state index in [4.69, 9.17) is 0 Å². The van der Waals surface area contributed by atoms with Crippen molar-refractivity contribution in [2.45, 2.75) is 6.10 Å². The molecule has 2 rings (SSSR count). The van der Waals surface area contributed by atoms with E-state index in [9.17, 15) is 5.11 Å². The second-order valence-electron chi connectivity index (χ2n) is 3.33. The molecule has 2 aromatic heterocycles. The third-order valence-electron chi connectivity index (χ3n) is 2.33. The maximum absolute atomic E-state index is 10.2. The molecule has 0 aliphatic heterocycles. The highest BCUT2D eigenvalue weighted by atomic mass is 79.9. The molecule has 1 unspecified atom stereocenters. The molecule has 0 aliphatic rings. The van der Waals surface area contributed by atoms with E-state index in [2.05, 4.69) is 26.0 Å². The molecule has 1 atom stereocenters. The van der Waals surface area contributed by atoms with Crippen molar-refractivity contribution in [3.05, 3.63) is 34.6 Å². The molecular weight excluding hydrogens is 260 g/mol. The number of nitrogens with zero attached hydrogens (tertiary/aromatic N) is 4. The van der Waals surface area contributed by atoms with Crippen molar-refractivity contribution in [2.75, 3.05) is 0 Å². The summed E-state index contributed by atoms with van der Waals surface area (Å²) in [6.45, 7) is 0. The first-order chi connectivity index (χ1) is 7.11. The minimum Gasteiger partial charge on any atom is -0.380 e. The van der Waals surface area contributed by atoms with Gasteiger partial charge in [-0.25, -0.2) is 4.98 Å². The summed E-state index contributed by atoms with van der Waals surface area (Å²) >= 11 is 3.35. The molecule has 1 N–H and O–H groups in total. The van der Waals surface area contributed by atoms with Gasteiger partial charge in [-0.2, -0.15) is 5.10 Å². The van der Waals surface area contributed by atoms with Crippen LogP contribution in [0, 0.1) is 0 Å². The van der Waals surface area contributed by atoms with E-state index in [0.29, 0.717) is 0 Å². The molecular formula is C9H11BrN4O. The number of hydrogen-bond acceptors (Lipinski definition) is 3. The van der Waals surface area contributed by atoms with E-state index in [1.54, 1.807) is 35.0 Å². The van der Waals surface area contributed by atoms with Gasteiger partial charge in [0.25, 0.3) is 0 Å². The van der Waals surface area contributed by atoms with Gasteiger partial charge in [-0.15, -0.1) is 0 Å². The van der Waals surface area contributed by atoms with Crippen LogP contribution in [-0.4, -0.2) is 24.4 Å². The van der Waals surface area contributed by atoms with Gasteiger partial charge in [0.1, 0.15) is 6.10 Å². The summed E-state index contributed by atoms with van der Waals surface area (Å²) in [7, 11) is 3.63. The SMILES string of the molecule is Cn1cncc1C(O)c1c(Br)cnn1C. The lowest BCUT2D eigenvalue weighted by Gasteiger charge is -2.12. The van der Waals surface area contributed by atoms with E-state index in [-0.39, 0.29) is 0 Å². The van der Waals surface area contributed by atoms with Crippen molar-refractivity contribution in [3.8, 4) is 0 Å². The number of aryl methyl sites for hydroxylation is 2. The quantitative estimate of drug-likeness (QED) is 0.886. The van der Waals surface area contributed by atoms with E-state index in [0.717, 1.165) is 15.9 Å². The summed E-state index contributed by atoms with van der Waals surface area (Å²) in [5.41, 5.74) is 1.46. The van der Waals surface area contributed by atoms with Crippen LogP contribution in [0.3, 0.4) is 0 Å². The zero-order valence-corrected chi connectivity index (χ0v) is 10.0. The predicted octanol–water partition coefficient (Wildman–Crippen LogP) is 0.998. The predicted molar refractivity (Wildman–Crippen MR) is 58.2 cm³/mol. The van der Waals surface area contributed by atoms with Crippen molar-refractivity contribution >= 4 is 15.9 Å². The molecule has 5 nitrogen and oxygen atoms in total. The molecule has 0 spiro atoms. The Bertz CT molecular complexity index is 457. The minimum atomic E-state index is -0.723. The fourth-order valence-corrected chi connectivity index (χ4v) is 2.06. The third kappa shape index (κ3) is 1.70. The Morgan fingerprint density at radius 2 is 2.13 bits per heavy atom. The first-order valence-corrected chi connectivity index (χ1v) is 5.22. The number of aliphatic hydroxyl groups excluding tert-OH is 1. The lowest BCUT2D eigenvalue weighted by atomic mass is 10.2. The van der Waals surface area contributed by atoms with Crippen LogP contribution in [0.4, 0.5) is 0 Å². The Hall–Kier alpha value is -1.14. The van der Waals surface area contributed by atoms with Gasteiger partial charge in [0.05, 0.1) is 34.6 Å². The molecule has 15 heavy (non-hydrogen) atoms. The van der Waals surface area contributed by atoms with Gasteiger partial charge in [0.2, 0.25) is 0 Å². The first kappa shape index (κ1) is 10.4. The van der Waals surface area contributed by atoms with E-state index in [1.165, 1.54) is 0 Å². The number of rotatable bonds is 2. The van der Waals surface area contributed by atoms with Crippen LogP contribution >= 0.6 is 15.9 Å². The first-order valence-electron chi connectivity index (χ1n) is 4.43. The van der Waals surface area contributed by atoms with Crippen molar-refractivity contribution in [1.82, 2.24) is 19.3 Å². The molecule has 0 radical (unpaired) electrons. The highest BCUT2D eigenvalue weighted by molar-refractivity contribution is 9.10. The molecule has 80 valence electrons. The summed E-state index contributed by atoms with van der Waals surface area (Å²) < 4.78 is 4.21. The van der Waals surface area contributed by atoms with Gasteiger partial charge in [-0.1, -0.05) is 0 Å². The van der Waals surface area contributed by atoms with Gasteiger partial charge >= 0.3 is 0 Å². The normalized spacial score (nSPS) is 13.1. The number of hydrogen-bond donors (Lipinski definition) is 1. The summed E-state index contributed by atoms with van der Waals surface area (Å²) in [6, 6.07) is 0. The van der Waals surface area contributed by atoms with Gasteiger partial charge in [-0.05, 0) is 15.9 Å².